The van der Waals surface area contributed by atoms with Crippen LogP contribution in [-0.2, 0) is 10.2 Å². The highest BCUT2D eigenvalue weighted by Gasteiger charge is 2.47. The van der Waals surface area contributed by atoms with Crippen LogP contribution in [0.1, 0.15) is 132 Å². The summed E-state index contributed by atoms with van der Waals surface area (Å²) < 4.78 is 7.88. The molecule has 0 bridgehead atoms. The number of nitrogens with zero attached hydrogens (tertiary/aromatic N) is 4. The summed E-state index contributed by atoms with van der Waals surface area (Å²) in [6.07, 6.45) is 11.6. The van der Waals surface area contributed by atoms with E-state index in [-0.39, 0.29) is 23.1 Å². The molecular weight excluding hydrogens is 738 g/mol. The van der Waals surface area contributed by atoms with Crippen molar-refractivity contribution in [3.63, 3.8) is 0 Å². The Hall–Kier alpha value is -4.05. The van der Waals surface area contributed by atoms with Gasteiger partial charge in [0.15, 0.2) is 0 Å². The number of benzene rings is 3. The Bertz CT molecular complexity index is 2260. The number of thiazole rings is 1. The topological polar surface area (TPSA) is 89.4 Å². The first kappa shape index (κ1) is 38.8. The Morgan fingerprint density at radius 3 is 2.50 bits per heavy atom. The van der Waals surface area contributed by atoms with Gasteiger partial charge in [0.2, 0.25) is 0 Å². The standard InChI is InChI=1S/C46H54ClN5O3S/c1-30-41(56-29-48-30)33-17-15-32(16-18-33)37(49-44(54)55-45(2,3)4)13-7-5-10-25-51-26-21-31(22-27-51)34-19-20-38-35(28-34)46(23-8-6-9-24-46)43-50-42(53)40-36(47)12-11-14-39(40)52(38)43/h11-12,14-20,28-29,31,37H,5-10,13,21-27H2,1-4H3,(H,49,54). The van der Waals surface area contributed by atoms with Crippen LogP contribution >= 0.6 is 22.9 Å². The number of aryl methyl sites for hydroxylation is 1. The molecule has 4 heterocycles. The number of nitrogens with one attached hydrogen (secondary N) is 1. The quantitative estimate of drug-likeness (QED) is 0.142. The van der Waals surface area contributed by atoms with Crippen LogP contribution < -0.4 is 10.9 Å². The number of rotatable bonds is 10. The molecule has 5 aromatic rings. The van der Waals surface area contributed by atoms with E-state index >= 15 is 0 Å². The molecule has 1 spiro atoms. The number of hydrogen-bond donors (Lipinski definition) is 1. The first-order valence-corrected chi connectivity index (χ1v) is 21.9. The number of aromatic nitrogens is 3. The minimum absolute atomic E-state index is 0.113. The van der Waals surface area contributed by atoms with E-state index in [1.807, 2.05) is 45.3 Å². The maximum atomic E-state index is 13.4. The molecule has 10 heteroatoms. The van der Waals surface area contributed by atoms with Crippen molar-refractivity contribution in [2.45, 2.75) is 121 Å². The molecule has 2 aromatic heterocycles. The van der Waals surface area contributed by atoms with Crippen molar-refractivity contribution in [3.05, 3.63) is 110 Å². The number of fused-ring (bicyclic) bond motifs is 7. The molecule has 0 radical (unpaired) electrons. The van der Waals surface area contributed by atoms with Gasteiger partial charge in [-0.3, -0.25) is 9.36 Å². The van der Waals surface area contributed by atoms with E-state index < -0.39 is 5.60 Å². The van der Waals surface area contributed by atoms with Gasteiger partial charge in [0.1, 0.15) is 11.4 Å². The van der Waals surface area contributed by atoms with Crippen LogP contribution in [0.15, 0.2) is 71.0 Å². The summed E-state index contributed by atoms with van der Waals surface area (Å²) >= 11 is 8.22. The van der Waals surface area contributed by atoms with Crippen molar-refractivity contribution in [3.8, 4) is 16.1 Å². The van der Waals surface area contributed by atoms with E-state index in [2.05, 4.69) is 62.2 Å². The molecule has 8 nitrogen and oxygen atoms in total. The largest absolute Gasteiger partial charge is 0.444 e. The highest BCUT2D eigenvalue weighted by atomic mass is 35.5. The lowest BCUT2D eigenvalue weighted by molar-refractivity contribution is 0.0500. The number of hydrogen-bond acceptors (Lipinski definition) is 7. The summed E-state index contributed by atoms with van der Waals surface area (Å²) in [5, 5.41) is 4.14. The molecule has 1 saturated carbocycles. The number of halogens is 1. The number of alkyl carbamates (subject to hydrolysis) is 1. The van der Waals surface area contributed by atoms with Gasteiger partial charge in [0.05, 0.1) is 49.2 Å². The normalized spacial score (nSPS) is 17.5. The number of piperidine rings is 1. The fourth-order valence-electron chi connectivity index (χ4n) is 9.51. The number of unbranched alkanes of at least 4 members (excludes halogenated alkanes) is 2. The molecule has 2 aliphatic heterocycles. The van der Waals surface area contributed by atoms with Gasteiger partial charge < -0.3 is 15.0 Å². The Balaban J connectivity index is 0.885. The summed E-state index contributed by atoms with van der Waals surface area (Å²) in [5.74, 6) is 1.43. The minimum atomic E-state index is -0.552. The van der Waals surface area contributed by atoms with Gasteiger partial charge in [-0.15, -0.1) is 11.3 Å². The van der Waals surface area contributed by atoms with Gasteiger partial charge in [-0.1, -0.05) is 86.2 Å². The molecular formula is C46H54ClN5O3S. The SMILES string of the molecule is Cc1ncsc1-c1ccc(C(CCCCCN2CCC(c3ccc4c(c3)C3(CCCCC3)c3nc(=O)c5c(Cl)cccc5n3-4)CC2)NC(=O)OC(C)(C)C)cc1. The van der Waals surface area contributed by atoms with E-state index in [9.17, 15) is 9.59 Å². The molecule has 1 atom stereocenters. The molecule has 1 N–H and O–H groups in total. The molecule has 1 saturated heterocycles. The third-order valence-electron chi connectivity index (χ3n) is 12.3. The smallest absolute Gasteiger partial charge is 0.408 e. The van der Waals surface area contributed by atoms with Gasteiger partial charge in [0.25, 0.3) is 5.56 Å². The summed E-state index contributed by atoms with van der Waals surface area (Å²) in [7, 11) is 0. The van der Waals surface area contributed by atoms with Crippen LogP contribution in [-0.4, -0.2) is 50.8 Å². The van der Waals surface area contributed by atoms with Gasteiger partial charge in [0, 0.05) is 0 Å². The lowest BCUT2D eigenvalue weighted by Crippen LogP contribution is -2.35. The second-order valence-electron chi connectivity index (χ2n) is 17.2. The molecule has 1 unspecified atom stereocenters. The first-order valence-electron chi connectivity index (χ1n) is 20.6. The third-order valence-corrected chi connectivity index (χ3v) is 13.6. The second-order valence-corrected chi connectivity index (χ2v) is 18.4. The summed E-state index contributed by atoms with van der Waals surface area (Å²) in [4.78, 5) is 39.2. The van der Waals surface area contributed by atoms with E-state index in [0.717, 1.165) is 118 Å². The first-order chi connectivity index (χ1) is 27.0. The zero-order valence-corrected chi connectivity index (χ0v) is 34.8. The van der Waals surface area contributed by atoms with Crippen LogP contribution in [0.5, 0.6) is 0 Å². The highest BCUT2D eigenvalue weighted by Crippen LogP contribution is 2.52. The Morgan fingerprint density at radius 1 is 1.02 bits per heavy atom. The van der Waals surface area contributed by atoms with Crippen molar-refractivity contribution in [1.82, 2.24) is 24.8 Å². The molecule has 56 heavy (non-hydrogen) atoms. The van der Waals surface area contributed by atoms with Gasteiger partial charge in [-0.25, -0.2) is 9.78 Å². The van der Waals surface area contributed by atoms with Crippen molar-refractivity contribution >= 4 is 39.9 Å². The number of likely N-dealkylation sites (tertiary alicyclic amines) is 1. The zero-order chi connectivity index (χ0) is 39.0. The third kappa shape index (κ3) is 7.79. The number of carbonyl (C=O) groups is 1. The maximum absolute atomic E-state index is 13.4. The van der Waals surface area contributed by atoms with Crippen molar-refractivity contribution in [2.24, 2.45) is 0 Å². The predicted octanol–water partition coefficient (Wildman–Crippen LogP) is 11.0. The highest BCUT2D eigenvalue weighted by molar-refractivity contribution is 7.13. The van der Waals surface area contributed by atoms with Gasteiger partial charge in [-0.2, -0.15) is 4.98 Å². The van der Waals surface area contributed by atoms with Crippen molar-refractivity contribution < 1.29 is 9.53 Å². The van der Waals surface area contributed by atoms with Crippen LogP contribution in [0.25, 0.3) is 27.0 Å². The molecule has 8 rings (SSSR count). The Kier molecular flexibility index (Phi) is 11.1. The van der Waals surface area contributed by atoms with Crippen LogP contribution in [0.3, 0.4) is 0 Å². The molecule has 1 amide bonds. The van der Waals surface area contributed by atoms with Crippen LogP contribution in [0, 0.1) is 6.92 Å². The Morgan fingerprint density at radius 2 is 1.79 bits per heavy atom. The molecule has 2 fully saturated rings. The van der Waals surface area contributed by atoms with Crippen LogP contribution in [0.4, 0.5) is 4.79 Å². The van der Waals surface area contributed by atoms with E-state index in [1.165, 1.54) is 22.4 Å². The average Bonchev–Trinajstić information content (AvgIpc) is 3.72. The second kappa shape index (κ2) is 16.1. The molecule has 3 aromatic carbocycles. The minimum Gasteiger partial charge on any atom is -0.444 e. The Labute approximate surface area is 339 Å². The van der Waals surface area contributed by atoms with Crippen molar-refractivity contribution in [2.75, 3.05) is 19.6 Å². The monoisotopic (exact) mass is 791 g/mol. The average molecular weight is 792 g/mol. The summed E-state index contributed by atoms with van der Waals surface area (Å²) in [5.41, 5.74) is 8.98. The van der Waals surface area contributed by atoms with E-state index in [4.69, 9.17) is 21.3 Å². The summed E-state index contributed by atoms with van der Waals surface area (Å²) in [6, 6.07) is 21.3. The summed E-state index contributed by atoms with van der Waals surface area (Å²) in [6.45, 7) is 11.0. The zero-order valence-electron chi connectivity index (χ0n) is 33.2. The molecule has 294 valence electrons. The lowest BCUT2D eigenvalue weighted by atomic mass is 9.69. The van der Waals surface area contributed by atoms with Crippen LogP contribution in [0.2, 0.25) is 5.02 Å². The maximum Gasteiger partial charge on any atom is 0.408 e. The molecule has 3 aliphatic rings. The van der Waals surface area contributed by atoms with E-state index in [0.29, 0.717) is 16.3 Å². The van der Waals surface area contributed by atoms with Gasteiger partial charge in [-0.05, 0) is 132 Å². The fourth-order valence-corrected chi connectivity index (χ4v) is 10.6. The van der Waals surface area contributed by atoms with E-state index in [1.54, 1.807) is 17.4 Å². The fraction of sp³-hybridized carbons (Fsp3) is 0.478. The number of amides is 1. The van der Waals surface area contributed by atoms with Crippen molar-refractivity contribution in [1.29, 1.82) is 0 Å². The number of carbonyl (C=O) groups excluding carboxylic acids is 1. The number of ether oxygens (including phenoxy) is 1. The predicted molar refractivity (Wildman–Crippen MR) is 227 cm³/mol. The van der Waals surface area contributed by atoms with Gasteiger partial charge >= 0.3 is 6.09 Å². The molecule has 1 aliphatic carbocycles. The lowest BCUT2D eigenvalue weighted by Gasteiger charge is -2.35.